The van der Waals surface area contributed by atoms with Gasteiger partial charge in [-0.05, 0) is 18.4 Å². The summed E-state index contributed by atoms with van der Waals surface area (Å²) >= 11 is 0. The van der Waals surface area contributed by atoms with Gasteiger partial charge in [-0.3, -0.25) is 9.59 Å². The first-order valence-electron chi connectivity index (χ1n) is 6.96. The van der Waals surface area contributed by atoms with Crippen LogP contribution in [0.25, 0.3) is 0 Å². The first-order chi connectivity index (χ1) is 9.66. The number of likely N-dealkylation sites (tertiary alicyclic amines) is 2. The largest absolute Gasteiger partial charge is 0.341 e. The molecule has 106 valence electrons. The molecule has 6 nitrogen and oxygen atoms in total. The van der Waals surface area contributed by atoms with Gasteiger partial charge in [-0.1, -0.05) is 0 Å². The summed E-state index contributed by atoms with van der Waals surface area (Å²) in [6.45, 7) is 0.761. The molecule has 20 heavy (non-hydrogen) atoms. The smallest absolute Gasteiger partial charge is 0.224 e. The zero-order chi connectivity index (χ0) is 14.1. The van der Waals surface area contributed by atoms with E-state index in [0.29, 0.717) is 19.3 Å². The van der Waals surface area contributed by atoms with Gasteiger partial charge >= 0.3 is 0 Å². The van der Waals surface area contributed by atoms with E-state index in [0.717, 1.165) is 18.5 Å². The number of nitrogens with zero attached hydrogens (tertiary/aromatic N) is 4. The summed E-state index contributed by atoms with van der Waals surface area (Å²) in [5, 5.41) is 0. The molecule has 2 saturated heterocycles. The number of likely N-dealkylation sites (N-methyl/N-ethyl adjacent to an activating group) is 1. The topological polar surface area (TPSA) is 66.4 Å². The summed E-state index contributed by atoms with van der Waals surface area (Å²) in [5.41, 5.74) is 0.969. The van der Waals surface area contributed by atoms with E-state index >= 15 is 0 Å². The second kappa shape index (κ2) is 5.19. The SMILES string of the molecule is CN1C(=O)C[C@H]2[C@@H]1CCN2C(=O)CCc1cncnc1. The minimum atomic E-state index is 0.0759. The molecule has 2 amide bonds. The number of hydrogen-bond donors (Lipinski definition) is 0. The molecule has 1 aromatic heterocycles. The third-order valence-corrected chi connectivity index (χ3v) is 4.35. The number of rotatable bonds is 3. The fraction of sp³-hybridized carbons (Fsp3) is 0.571. The fourth-order valence-corrected chi connectivity index (χ4v) is 3.21. The lowest BCUT2D eigenvalue weighted by molar-refractivity contribution is -0.132. The third kappa shape index (κ3) is 2.26. The quantitative estimate of drug-likeness (QED) is 0.792. The molecule has 3 heterocycles. The molecule has 6 heteroatoms. The van der Waals surface area contributed by atoms with Crippen LogP contribution in [0.5, 0.6) is 0 Å². The molecular formula is C14H18N4O2. The summed E-state index contributed by atoms with van der Waals surface area (Å²) in [7, 11) is 1.84. The maximum Gasteiger partial charge on any atom is 0.224 e. The number of fused-ring (bicyclic) bond motifs is 1. The Morgan fingerprint density at radius 2 is 2.10 bits per heavy atom. The number of amides is 2. The van der Waals surface area contributed by atoms with Gasteiger partial charge in [0.2, 0.25) is 11.8 Å². The van der Waals surface area contributed by atoms with Crippen molar-refractivity contribution in [1.29, 1.82) is 0 Å². The molecule has 0 saturated carbocycles. The zero-order valence-electron chi connectivity index (χ0n) is 11.5. The van der Waals surface area contributed by atoms with Crippen LogP contribution in [0.2, 0.25) is 0 Å². The number of aromatic nitrogens is 2. The van der Waals surface area contributed by atoms with E-state index in [1.165, 1.54) is 6.33 Å². The summed E-state index contributed by atoms with van der Waals surface area (Å²) in [6, 6.07) is 0.290. The summed E-state index contributed by atoms with van der Waals surface area (Å²) in [4.78, 5) is 35.6. The second-order valence-corrected chi connectivity index (χ2v) is 5.47. The molecule has 0 radical (unpaired) electrons. The van der Waals surface area contributed by atoms with Crippen molar-refractivity contribution < 1.29 is 9.59 Å². The van der Waals surface area contributed by atoms with Crippen LogP contribution in [0, 0.1) is 0 Å². The van der Waals surface area contributed by atoms with Crippen LogP contribution in [-0.2, 0) is 16.0 Å². The van der Waals surface area contributed by atoms with Gasteiger partial charge in [0.05, 0.1) is 12.1 Å². The van der Waals surface area contributed by atoms with Crippen LogP contribution in [-0.4, -0.2) is 57.3 Å². The predicted molar refractivity (Wildman–Crippen MR) is 71.6 cm³/mol. The lowest BCUT2D eigenvalue weighted by Crippen LogP contribution is -2.39. The van der Waals surface area contributed by atoms with E-state index in [2.05, 4.69) is 9.97 Å². The van der Waals surface area contributed by atoms with Crippen molar-refractivity contribution >= 4 is 11.8 Å². The second-order valence-electron chi connectivity index (χ2n) is 5.47. The molecule has 0 unspecified atom stereocenters. The van der Waals surface area contributed by atoms with Crippen molar-refractivity contribution in [2.45, 2.75) is 37.8 Å². The Hall–Kier alpha value is -1.98. The monoisotopic (exact) mass is 274 g/mol. The minimum absolute atomic E-state index is 0.0759. The van der Waals surface area contributed by atoms with Crippen LogP contribution in [0.1, 0.15) is 24.8 Å². The molecule has 0 aromatic carbocycles. The Morgan fingerprint density at radius 3 is 2.85 bits per heavy atom. The Kier molecular flexibility index (Phi) is 3.38. The van der Waals surface area contributed by atoms with E-state index < -0.39 is 0 Å². The highest BCUT2D eigenvalue weighted by Crippen LogP contribution is 2.31. The van der Waals surface area contributed by atoms with Gasteiger partial charge in [0.1, 0.15) is 6.33 Å². The van der Waals surface area contributed by atoms with Crippen molar-refractivity contribution in [3.05, 3.63) is 24.3 Å². The number of carbonyl (C=O) groups excluding carboxylic acids is 2. The van der Waals surface area contributed by atoms with E-state index in [-0.39, 0.29) is 23.9 Å². The molecule has 2 atom stereocenters. The highest BCUT2D eigenvalue weighted by Gasteiger charge is 2.46. The van der Waals surface area contributed by atoms with Gasteiger partial charge in [-0.25, -0.2) is 9.97 Å². The van der Waals surface area contributed by atoms with Crippen molar-refractivity contribution in [3.63, 3.8) is 0 Å². The van der Waals surface area contributed by atoms with Crippen LogP contribution < -0.4 is 0 Å². The van der Waals surface area contributed by atoms with Gasteiger partial charge < -0.3 is 9.80 Å². The molecule has 0 N–H and O–H groups in total. The van der Waals surface area contributed by atoms with Crippen LogP contribution in [0.3, 0.4) is 0 Å². The van der Waals surface area contributed by atoms with E-state index in [1.807, 2.05) is 11.9 Å². The Morgan fingerprint density at radius 1 is 1.35 bits per heavy atom. The Balaban J connectivity index is 1.60. The standard InChI is InChI=1S/C14H18N4O2/c1-17-11-4-5-18(12(11)6-14(17)20)13(19)3-2-10-7-15-9-16-8-10/h7-9,11-12H,2-6H2,1H3/t11-,12-/m0/s1. The van der Waals surface area contributed by atoms with E-state index in [4.69, 9.17) is 0 Å². The fourth-order valence-electron chi connectivity index (χ4n) is 3.21. The summed E-state index contributed by atoms with van der Waals surface area (Å²) in [6.07, 6.45) is 7.43. The molecule has 2 aliphatic rings. The molecule has 0 spiro atoms. The van der Waals surface area contributed by atoms with Crippen molar-refractivity contribution in [2.24, 2.45) is 0 Å². The first kappa shape index (κ1) is 13.0. The van der Waals surface area contributed by atoms with Gasteiger partial charge in [0, 0.05) is 38.8 Å². The lowest BCUT2D eigenvalue weighted by atomic mass is 10.1. The minimum Gasteiger partial charge on any atom is -0.341 e. The average molecular weight is 274 g/mol. The average Bonchev–Trinajstić information content (AvgIpc) is 2.99. The predicted octanol–water partition coefficient (Wildman–Crippen LogP) is 0.241. The molecule has 0 bridgehead atoms. The lowest BCUT2D eigenvalue weighted by Gasteiger charge is -2.23. The molecule has 1 aromatic rings. The molecule has 2 fully saturated rings. The molecule has 2 aliphatic heterocycles. The van der Waals surface area contributed by atoms with Crippen LogP contribution >= 0.6 is 0 Å². The molecule has 3 rings (SSSR count). The third-order valence-electron chi connectivity index (χ3n) is 4.35. The van der Waals surface area contributed by atoms with E-state index in [9.17, 15) is 9.59 Å². The zero-order valence-corrected chi connectivity index (χ0v) is 11.5. The van der Waals surface area contributed by atoms with Gasteiger partial charge in [-0.2, -0.15) is 0 Å². The molecular weight excluding hydrogens is 256 g/mol. The van der Waals surface area contributed by atoms with Gasteiger partial charge in [-0.15, -0.1) is 0 Å². The Bertz CT molecular complexity index is 519. The van der Waals surface area contributed by atoms with E-state index in [1.54, 1.807) is 17.3 Å². The first-order valence-corrected chi connectivity index (χ1v) is 6.96. The summed E-state index contributed by atoms with van der Waals surface area (Å²) < 4.78 is 0. The summed E-state index contributed by atoms with van der Waals surface area (Å²) in [5.74, 6) is 0.276. The van der Waals surface area contributed by atoms with Crippen molar-refractivity contribution in [3.8, 4) is 0 Å². The number of hydrogen-bond acceptors (Lipinski definition) is 4. The van der Waals surface area contributed by atoms with Crippen LogP contribution in [0.4, 0.5) is 0 Å². The van der Waals surface area contributed by atoms with Gasteiger partial charge in [0.15, 0.2) is 0 Å². The van der Waals surface area contributed by atoms with Gasteiger partial charge in [0.25, 0.3) is 0 Å². The number of carbonyl (C=O) groups is 2. The van der Waals surface area contributed by atoms with Crippen molar-refractivity contribution in [1.82, 2.24) is 19.8 Å². The normalized spacial score (nSPS) is 25.1. The Labute approximate surface area is 117 Å². The van der Waals surface area contributed by atoms with Crippen molar-refractivity contribution in [2.75, 3.05) is 13.6 Å². The van der Waals surface area contributed by atoms with Crippen LogP contribution in [0.15, 0.2) is 18.7 Å². The maximum absolute atomic E-state index is 12.3. The number of aryl methyl sites for hydroxylation is 1. The molecule has 0 aliphatic carbocycles. The highest BCUT2D eigenvalue weighted by molar-refractivity contribution is 5.83. The maximum atomic E-state index is 12.3. The highest BCUT2D eigenvalue weighted by atomic mass is 16.2.